The Balaban J connectivity index is 1.57. The molecule has 0 unspecified atom stereocenters. The lowest BCUT2D eigenvalue weighted by Gasteiger charge is -2.26. The highest BCUT2D eigenvalue weighted by molar-refractivity contribution is 5.90. The SMILES string of the molecule is Cc1ccc(Cc2nc(C(=O)NN3CCOCC3)[nH]c2Cc2ccc(C)cc2)cc1. The summed E-state index contributed by atoms with van der Waals surface area (Å²) in [7, 11) is 0. The average Bonchev–Trinajstić information content (AvgIpc) is 3.14. The molecule has 6 heteroatoms. The van der Waals surface area contributed by atoms with Gasteiger partial charge in [0.15, 0.2) is 5.82 Å². The van der Waals surface area contributed by atoms with E-state index in [1.807, 2.05) is 5.01 Å². The lowest BCUT2D eigenvalue weighted by Crippen LogP contribution is -2.48. The Labute approximate surface area is 177 Å². The summed E-state index contributed by atoms with van der Waals surface area (Å²) < 4.78 is 5.34. The fourth-order valence-electron chi connectivity index (χ4n) is 3.53. The largest absolute Gasteiger partial charge is 0.379 e. The molecule has 0 radical (unpaired) electrons. The van der Waals surface area contributed by atoms with Gasteiger partial charge in [0, 0.05) is 31.6 Å². The van der Waals surface area contributed by atoms with Gasteiger partial charge in [-0.3, -0.25) is 10.2 Å². The molecule has 1 saturated heterocycles. The molecule has 4 rings (SSSR count). The van der Waals surface area contributed by atoms with Crippen molar-refractivity contribution in [2.45, 2.75) is 26.7 Å². The van der Waals surface area contributed by atoms with Crippen molar-refractivity contribution in [3.05, 3.63) is 88.0 Å². The highest BCUT2D eigenvalue weighted by atomic mass is 16.5. The van der Waals surface area contributed by atoms with E-state index in [2.05, 4.69) is 77.8 Å². The van der Waals surface area contributed by atoms with Crippen LogP contribution in [0.1, 0.15) is 44.3 Å². The molecule has 1 amide bonds. The van der Waals surface area contributed by atoms with Crippen LogP contribution < -0.4 is 5.43 Å². The maximum atomic E-state index is 12.8. The third kappa shape index (κ3) is 5.14. The van der Waals surface area contributed by atoms with Gasteiger partial charge in [0.2, 0.25) is 0 Å². The maximum Gasteiger partial charge on any atom is 0.301 e. The van der Waals surface area contributed by atoms with Gasteiger partial charge in [-0.2, -0.15) is 0 Å². The first-order chi connectivity index (χ1) is 14.6. The van der Waals surface area contributed by atoms with E-state index < -0.39 is 0 Å². The van der Waals surface area contributed by atoms with Gasteiger partial charge in [-0.15, -0.1) is 0 Å². The number of nitrogens with zero attached hydrogens (tertiary/aromatic N) is 2. The van der Waals surface area contributed by atoms with Crippen LogP contribution in [0.5, 0.6) is 0 Å². The van der Waals surface area contributed by atoms with Crippen molar-refractivity contribution in [2.75, 3.05) is 26.3 Å². The minimum atomic E-state index is -0.211. The number of rotatable bonds is 6. The molecule has 2 aromatic carbocycles. The van der Waals surface area contributed by atoms with E-state index in [-0.39, 0.29) is 5.91 Å². The Bertz CT molecular complexity index is 922. The fraction of sp³-hybridized carbons (Fsp3) is 0.333. The van der Waals surface area contributed by atoms with E-state index in [4.69, 9.17) is 4.74 Å². The number of morpholine rings is 1. The Morgan fingerprint density at radius 1 is 0.967 bits per heavy atom. The Morgan fingerprint density at radius 2 is 1.53 bits per heavy atom. The molecular formula is C24H28N4O2. The summed E-state index contributed by atoms with van der Waals surface area (Å²) >= 11 is 0. The standard InChI is InChI=1S/C24H28N4O2/c1-17-3-7-19(8-4-17)15-21-22(16-20-9-5-18(2)6-10-20)26-23(25-21)24(29)27-28-11-13-30-14-12-28/h3-10H,11-16H2,1-2H3,(H,25,26)(H,27,29). The van der Waals surface area contributed by atoms with Gasteiger partial charge >= 0.3 is 5.91 Å². The van der Waals surface area contributed by atoms with Crippen LogP contribution in [0.4, 0.5) is 0 Å². The van der Waals surface area contributed by atoms with Crippen LogP contribution in [0.2, 0.25) is 0 Å². The highest BCUT2D eigenvalue weighted by Gasteiger charge is 2.20. The number of aromatic nitrogens is 2. The number of carbonyl (C=O) groups is 1. The fourth-order valence-corrected chi connectivity index (χ4v) is 3.53. The summed E-state index contributed by atoms with van der Waals surface area (Å²) in [6.45, 7) is 6.76. The van der Waals surface area contributed by atoms with Crippen LogP contribution in [-0.2, 0) is 17.6 Å². The van der Waals surface area contributed by atoms with E-state index in [1.54, 1.807) is 0 Å². The number of hydrazine groups is 1. The molecule has 2 heterocycles. The minimum absolute atomic E-state index is 0.211. The van der Waals surface area contributed by atoms with Crippen molar-refractivity contribution in [1.82, 2.24) is 20.4 Å². The molecular weight excluding hydrogens is 376 g/mol. The first-order valence-electron chi connectivity index (χ1n) is 10.4. The lowest BCUT2D eigenvalue weighted by molar-refractivity contribution is 0.0123. The van der Waals surface area contributed by atoms with E-state index in [1.165, 1.54) is 22.3 Å². The number of benzene rings is 2. The predicted molar refractivity (Wildman–Crippen MR) is 116 cm³/mol. The Hall–Kier alpha value is -2.96. The van der Waals surface area contributed by atoms with Crippen LogP contribution in [0, 0.1) is 13.8 Å². The summed E-state index contributed by atoms with van der Waals surface area (Å²) in [6.07, 6.45) is 1.39. The average molecular weight is 405 g/mol. The number of carbonyl (C=O) groups excluding carboxylic acids is 1. The van der Waals surface area contributed by atoms with Crippen molar-refractivity contribution in [2.24, 2.45) is 0 Å². The van der Waals surface area contributed by atoms with Crippen LogP contribution in [0.15, 0.2) is 48.5 Å². The van der Waals surface area contributed by atoms with Crippen molar-refractivity contribution >= 4 is 5.91 Å². The second-order valence-electron chi connectivity index (χ2n) is 7.88. The van der Waals surface area contributed by atoms with Crippen LogP contribution in [-0.4, -0.2) is 47.2 Å². The molecule has 1 aliphatic rings. The monoisotopic (exact) mass is 404 g/mol. The quantitative estimate of drug-likeness (QED) is 0.662. The van der Waals surface area contributed by atoms with E-state index >= 15 is 0 Å². The summed E-state index contributed by atoms with van der Waals surface area (Å²) in [5, 5.41) is 1.88. The molecule has 1 aromatic heterocycles. The van der Waals surface area contributed by atoms with Crippen molar-refractivity contribution in [3.8, 4) is 0 Å². The number of hydrogen-bond donors (Lipinski definition) is 2. The van der Waals surface area contributed by atoms with Gasteiger partial charge in [0.05, 0.1) is 18.9 Å². The molecule has 0 bridgehead atoms. The zero-order chi connectivity index (χ0) is 20.9. The number of aryl methyl sites for hydroxylation is 2. The summed E-state index contributed by atoms with van der Waals surface area (Å²) in [6, 6.07) is 16.9. The van der Waals surface area contributed by atoms with Crippen LogP contribution in [0.3, 0.4) is 0 Å². The Kier molecular flexibility index (Phi) is 6.26. The normalized spacial score (nSPS) is 14.6. The number of hydrogen-bond acceptors (Lipinski definition) is 4. The third-order valence-corrected chi connectivity index (χ3v) is 5.34. The number of ether oxygens (including phenoxy) is 1. The number of amides is 1. The van der Waals surface area contributed by atoms with Gasteiger partial charge in [-0.25, -0.2) is 9.99 Å². The third-order valence-electron chi connectivity index (χ3n) is 5.34. The van der Waals surface area contributed by atoms with E-state index in [0.717, 1.165) is 11.4 Å². The zero-order valence-electron chi connectivity index (χ0n) is 17.6. The Morgan fingerprint density at radius 3 is 2.13 bits per heavy atom. The molecule has 6 nitrogen and oxygen atoms in total. The molecule has 156 valence electrons. The minimum Gasteiger partial charge on any atom is -0.379 e. The van der Waals surface area contributed by atoms with Crippen molar-refractivity contribution in [1.29, 1.82) is 0 Å². The summed E-state index contributed by atoms with van der Waals surface area (Å²) in [4.78, 5) is 20.8. The molecule has 30 heavy (non-hydrogen) atoms. The molecule has 0 aliphatic carbocycles. The van der Waals surface area contributed by atoms with Gasteiger partial charge in [0.1, 0.15) is 0 Å². The highest BCUT2D eigenvalue weighted by Crippen LogP contribution is 2.18. The number of nitrogens with one attached hydrogen (secondary N) is 2. The second kappa shape index (κ2) is 9.24. The smallest absolute Gasteiger partial charge is 0.301 e. The van der Waals surface area contributed by atoms with Crippen molar-refractivity contribution < 1.29 is 9.53 Å². The number of aromatic amines is 1. The number of imidazole rings is 1. The van der Waals surface area contributed by atoms with Gasteiger partial charge < -0.3 is 9.72 Å². The second-order valence-corrected chi connectivity index (χ2v) is 7.88. The molecule has 2 N–H and O–H groups in total. The van der Waals surface area contributed by atoms with Crippen LogP contribution in [0.25, 0.3) is 0 Å². The van der Waals surface area contributed by atoms with Gasteiger partial charge in [-0.05, 0) is 25.0 Å². The summed E-state index contributed by atoms with van der Waals surface area (Å²) in [5.41, 5.74) is 9.65. The van der Waals surface area contributed by atoms with Gasteiger partial charge in [-0.1, -0.05) is 59.7 Å². The topological polar surface area (TPSA) is 70.2 Å². The van der Waals surface area contributed by atoms with Gasteiger partial charge in [0.25, 0.3) is 0 Å². The number of H-pyrrole nitrogens is 1. The van der Waals surface area contributed by atoms with E-state index in [9.17, 15) is 4.79 Å². The van der Waals surface area contributed by atoms with Crippen molar-refractivity contribution in [3.63, 3.8) is 0 Å². The molecule has 1 fully saturated rings. The first-order valence-corrected chi connectivity index (χ1v) is 10.4. The maximum absolute atomic E-state index is 12.8. The predicted octanol–water partition coefficient (Wildman–Crippen LogP) is 3.19. The molecule has 1 aliphatic heterocycles. The van der Waals surface area contributed by atoms with Crippen LogP contribution >= 0.6 is 0 Å². The summed E-state index contributed by atoms with van der Waals surface area (Å²) in [5.74, 6) is 0.142. The molecule has 3 aromatic rings. The lowest BCUT2D eigenvalue weighted by atomic mass is 10.0. The van der Waals surface area contributed by atoms with E-state index in [0.29, 0.717) is 45.0 Å². The molecule has 0 spiro atoms. The molecule has 0 atom stereocenters. The first kappa shape index (κ1) is 20.3. The molecule has 0 saturated carbocycles. The zero-order valence-corrected chi connectivity index (χ0v) is 17.6.